The summed E-state index contributed by atoms with van der Waals surface area (Å²) in [5.74, 6) is 4.60. The van der Waals surface area contributed by atoms with Crippen LogP contribution >= 0.6 is 0 Å². The number of rotatable bonds is 31. The summed E-state index contributed by atoms with van der Waals surface area (Å²) in [6.45, 7) is 19.2. The van der Waals surface area contributed by atoms with Gasteiger partial charge < -0.3 is 28.7 Å². The number of benzene rings is 11. The third-order valence-electron chi connectivity index (χ3n) is 21.6. The topological polar surface area (TPSA) is 43.4 Å². The Balaban J connectivity index is 0.811. The molecule has 14 rings (SSSR count). The Hall–Kier alpha value is -10.8. The quantitative estimate of drug-likeness (QED) is 0.0404. The van der Waals surface area contributed by atoms with Crippen LogP contribution < -0.4 is 28.7 Å². The van der Waals surface area contributed by atoms with Crippen molar-refractivity contribution >= 4 is 28.4 Å². The Labute approximate surface area is 605 Å². The Morgan fingerprint density at radius 2 is 0.824 bits per heavy atom. The summed E-state index contributed by atoms with van der Waals surface area (Å²) < 4.78 is 25.4. The van der Waals surface area contributed by atoms with Crippen LogP contribution in [-0.4, -0.2) is 26.4 Å². The highest BCUT2D eigenvalue weighted by atomic mass is 16.5. The van der Waals surface area contributed by atoms with Crippen molar-refractivity contribution in [3.05, 3.63) is 367 Å². The van der Waals surface area contributed by atoms with Gasteiger partial charge in [-0.3, -0.25) is 0 Å². The summed E-state index contributed by atoms with van der Waals surface area (Å²) in [5, 5.41) is 0. The highest BCUT2D eigenvalue weighted by Gasteiger charge is 2.54. The molecule has 0 aromatic heterocycles. The first kappa shape index (κ1) is 68.3. The van der Waals surface area contributed by atoms with E-state index in [0.717, 1.165) is 93.3 Å². The van der Waals surface area contributed by atoms with E-state index >= 15 is 0 Å². The number of nitrogens with zero attached hydrogens (tertiary/aromatic N) is 2. The molecular formula is C96H94N2O4. The number of anilines is 5. The maximum absolute atomic E-state index is 6.59. The molecule has 0 spiro atoms. The van der Waals surface area contributed by atoms with Crippen molar-refractivity contribution in [1.82, 2.24) is 0 Å². The van der Waals surface area contributed by atoms with Gasteiger partial charge in [0.25, 0.3) is 0 Å². The number of fused-ring (bicyclic) bond motifs is 6. The summed E-state index contributed by atoms with van der Waals surface area (Å²) in [6.07, 6.45) is 20.3. The van der Waals surface area contributed by atoms with Gasteiger partial charge in [0, 0.05) is 46.0 Å². The zero-order chi connectivity index (χ0) is 69.8. The molecule has 0 saturated heterocycles. The van der Waals surface area contributed by atoms with Crippen molar-refractivity contribution in [3.8, 4) is 45.3 Å². The van der Waals surface area contributed by atoms with E-state index in [4.69, 9.17) is 18.9 Å². The van der Waals surface area contributed by atoms with E-state index in [-0.39, 0.29) is 11.8 Å². The molecule has 0 fully saturated rings. The van der Waals surface area contributed by atoms with Gasteiger partial charge in [-0.25, -0.2) is 0 Å². The van der Waals surface area contributed by atoms with Gasteiger partial charge in [0.05, 0.1) is 24.0 Å². The van der Waals surface area contributed by atoms with Gasteiger partial charge in [0.2, 0.25) is 0 Å². The summed E-state index contributed by atoms with van der Waals surface area (Å²) in [4.78, 5) is 4.82. The van der Waals surface area contributed by atoms with Gasteiger partial charge in [-0.15, -0.1) is 0 Å². The molecule has 6 nitrogen and oxygen atoms in total. The molecule has 0 radical (unpaired) electrons. The van der Waals surface area contributed by atoms with E-state index in [0.29, 0.717) is 31.7 Å². The van der Waals surface area contributed by atoms with E-state index in [1.807, 2.05) is 0 Å². The molecule has 102 heavy (non-hydrogen) atoms. The molecule has 0 heterocycles. The maximum atomic E-state index is 6.59. The summed E-state index contributed by atoms with van der Waals surface area (Å²) in [7, 11) is 0. The third kappa shape index (κ3) is 13.4. The predicted octanol–water partition coefficient (Wildman–Crippen LogP) is 24.8. The fourth-order valence-electron chi connectivity index (χ4n) is 16.3. The number of unbranched alkanes of at least 4 members (excludes halogenated alkanes) is 2. The van der Waals surface area contributed by atoms with Crippen molar-refractivity contribution in [1.29, 1.82) is 0 Å². The molecule has 0 saturated carbocycles. The van der Waals surface area contributed by atoms with Crippen LogP contribution in [0.15, 0.2) is 322 Å². The molecule has 6 heteroatoms. The van der Waals surface area contributed by atoms with E-state index in [1.165, 1.54) is 88.6 Å². The highest BCUT2D eigenvalue weighted by molar-refractivity contribution is 5.90. The van der Waals surface area contributed by atoms with Crippen LogP contribution in [0.4, 0.5) is 28.4 Å². The first-order chi connectivity index (χ1) is 50.3. The zero-order valence-electron chi connectivity index (χ0n) is 59.6. The molecule has 11 aromatic rings. The largest absolute Gasteiger partial charge is 0.493 e. The average molecular weight is 1340 g/mol. The van der Waals surface area contributed by atoms with Crippen LogP contribution in [0.1, 0.15) is 129 Å². The van der Waals surface area contributed by atoms with Crippen molar-refractivity contribution in [3.63, 3.8) is 0 Å². The van der Waals surface area contributed by atoms with Gasteiger partial charge in [0.1, 0.15) is 36.2 Å². The lowest BCUT2D eigenvalue weighted by atomic mass is 9.63. The Bertz CT molecular complexity index is 4680. The van der Waals surface area contributed by atoms with Gasteiger partial charge in [-0.1, -0.05) is 267 Å². The second kappa shape index (κ2) is 31.4. The van der Waals surface area contributed by atoms with Crippen molar-refractivity contribution in [2.24, 2.45) is 17.8 Å². The fraction of sp³-hybridized carbons (Fsp3) is 0.229. The van der Waals surface area contributed by atoms with E-state index in [1.54, 1.807) is 12.2 Å². The van der Waals surface area contributed by atoms with E-state index in [2.05, 4.69) is 342 Å². The minimum atomic E-state index is -0.679. The van der Waals surface area contributed by atoms with Crippen LogP contribution in [0.2, 0.25) is 0 Å². The number of hydrogen-bond acceptors (Lipinski definition) is 6. The second-order valence-electron chi connectivity index (χ2n) is 27.6. The van der Waals surface area contributed by atoms with Gasteiger partial charge in [-0.2, -0.15) is 0 Å². The number of para-hydroxylation sites is 2. The van der Waals surface area contributed by atoms with Crippen LogP contribution in [0.25, 0.3) is 22.3 Å². The minimum Gasteiger partial charge on any atom is -0.493 e. The normalized spacial score (nSPS) is 17.4. The van der Waals surface area contributed by atoms with E-state index in [9.17, 15) is 0 Å². The summed E-state index contributed by atoms with van der Waals surface area (Å²) in [6, 6.07) is 100. The molecular weight excluding hydrogens is 1250 g/mol. The SMILES string of the molecule is C=CCOc1ccc(C2(c3ccc(OCC(CC)CCCC)cc3)c3ccccc3-c3ccc(N(c4ccccc4)c4ccc(-c5ccc(N(C6=CC7C(C=C6)c6ccccc6C7(c6ccc(OCC=C)cc6)c6ccc(OCC(CC)CCCC)cc6)c6ccccc6)cc5)cc4)cc32)cc1. The maximum Gasteiger partial charge on any atom is 0.119 e. The average Bonchev–Trinajstić information content (AvgIpc) is 1.56. The third-order valence-corrected chi connectivity index (χ3v) is 21.6. The zero-order valence-corrected chi connectivity index (χ0v) is 59.6. The highest BCUT2D eigenvalue weighted by Crippen LogP contribution is 2.62. The van der Waals surface area contributed by atoms with Crippen molar-refractivity contribution in [2.75, 3.05) is 36.2 Å². The van der Waals surface area contributed by atoms with Gasteiger partial charge >= 0.3 is 0 Å². The molecule has 512 valence electrons. The second-order valence-corrected chi connectivity index (χ2v) is 27.6. The van der Waals surface area contributed by atoms with Crippen LogP contribution in [0, 0.1) is 17.8 Å². The standard InChI is InChI=1S/C96H94N2O4/c1-7-13-25-69(11-5)67-101-85-57-43-75(44-58-85)95(73-39-53-83(54-40-73)99-63-9-3)91-33-23-21-31-87(91)89-61-51-81(65-93(89)95)97(77-27-17-15-18-28-77)79-47-35-71(36-48-79)72-37-49-80(50-38-72)98(78-29-19-16-20-30-78)82-52-62-90-88-32-22-24-34-92(88)96(94(90)66-82,74-41-55-84(56-42-74)100-64-10-4)76-45-59-86(60-46-76)102-68-70(12-6)26-14-8-2/h9-10,15-24,27-62,65-66,69-70,89,93H,3-4,7-8,11-14,25-26,63-64,67-68H2,1-2,5-6H3. The molecule has 3 aliphatic rings. The summed E-state index contributed by atoms with van der Waals surface area (Å²) >= 11 is 0. The minimum absolute atomic E-state index is 0.00651. The molecule has 6 atom stereocenters. The molecule has 6 unspecified atom stereocenters. The van der Waals surface area contributed by atoms with Crippen LogP contribution in [-0.2, 0) is 10.8 Å². The Morgan fingerprint density at radius 3 is 1.32 bits per heavy atom. The smallest absolute Gasteiger partial charge is 0.119 e. The van der Waals surface area contributed by atoms with E-state index < -0.39 is 10.8 Å². The summed E-state index contributed by atoms with van der Waals surface area (Å²) in [5.41, 5.74) is 19.7. The number of hydrogen-bond donors (Lipinski definition) is 0. The lowest BCUT2D eigenvalue weighted by Crippen LogP contribution is -2.36. The Morgan fingerprint density at radius 1 is 0.402 bits per heavy atom. The molecule has 0 amide bonds. The molecule has 3 aliphatic carbocycles. The molecule has 11 aromatic carbocycles. The molecule has 0 bridgehead atoms. The molecule has 0 N–H and O–H groups in total. The lowest BCUT2D eigenvalue weighted by molar-refractivity contribution is 0.233. The van der Waals surface area contributed by atoms with Crippen LogP contribution in [0.3, 0.4) is 0 Å². The Kier molecular flexibility index (Phi) is 21.0. The first-order valence-corrected chi connectivity index (χ1v) is 37.1. The number of ether oxygens (including phenoxy) is 4. The monoisotopic (exact) mass is 1340 g/mol. The van der Waals surface area contributed by atoms with Crippen LogP contribution in [0.5, 0.6) is 23.0 Å². The fourth-order valence-corrected chi connectivity index (χ4v) is 16.3. The molecule has 0 aliphatic heterocycles. The first-order valence-electron chi connectivity index (χ1n) is 37.1. The number of allylic oxidation sites excluding steroid dienone is 3. The van der Waals surface area contributed by atoms with Crippen molar-refractivity contribution in [2.45, 2.75) is 95.8 Å². The van der Waals surface area contributed by atoms with Gasteiger partial charge in [0.15, 0.2) is 0 Å². The lowest BCUT2D eigenvalue weighted by Gasteiger charge is -2.40. The predicted molar refractivity (Wildman–Crippen MR) is 424 cm³/mol. The van der Waals surface area contributed by atoms with Gasteiger partial charge in [-0.05, 0) is 207 Å². The van der Waals surface area contributed by atoms with Crippen molar-refractivity contribution < 1.29 is 18.9 Å².